The Morgan fingerprint density at radius 2 is 1.92 bits per heavy atom. The van der Waals surface area contributed by atoms with Crippen LogP contribution in [-0.4, -0.2) is 41.2 Å². The number of nitrogens with one attached hydrogen (secondary N) is 1. The zero-order chi connectivity index (χ0) is 17.2. The summed E-state index contributed by atoms with van der Waals surface area (Å²) < 4.78 is 11.7. The van der Waals surface area contributed by atoms with Crippen molar-refractivity contribution >= 4 is 11.0 Å². The minimum Gasteiger partial charge on any atom is -0.486 e. The molecule has 0 bridgehead atoms. The molecule has 128 valence electrons. The van der Waals surface area contributed by atoms with Gasteiger partial charge in [-0.1, -0.05) is 24.3 Å². The van der Waals surface area contributed by atoms with Gasteiger partial charge in [0.05, 0.1) is 11.0 Å². The summed E-state index contributed by atoms with van der Waals surface area (Å²) in [5.41, 5.74) is 1.88. The molecule has 1 N–H and O–H groups in total. The maximum absolute atomic E-state index is 12.2. The van der Waals surface area contributed by atoms with E-state index in [0.29, 0.717) is 25.4 Å². The molecule has 2 aromatic carbocycles. The van der Waals surface area contributed by atoms with Crippen molar-refractivity contribution in [2.24, 2.45) is 0 Å². The van der Waals surface area contributed by atoms with Crippen molar-refractivity contribution < 1.29 is 9.47 Å². The average Bonchev–Trinajstić information content (AvgIpc) is 2.62. The van der Waals surface area contributed by atoms with Crippen LogP contribution in [0.3, 0.4) is 0 Å². The van der Waals surface area contributed by atoms with E-state index in [-0.39, 0.29) is 11.7 Å². The van der Waals surface area contributed by atoms with Gasteiger partial charge < -0.3 is 14.5 Å². The van der Waals surface area contributed by atoms with E-state index in [4.69, 9.17) is 9.47 Å². The van der Waals surface area contributed by atoms with Crippen LogP contribution >= 0.6 is 0 Å². The number of hydrogen-bond acceptors (Lipinski definition) is 5. The van der Waals surface area contributed by atoms with Gasteiger partial charge in [-0.05, 0) is 31.3 Å². The molecule has 0 saturated carbocycles. The van der Waals surface area contributed by atoms with Crippen molar-refractivity contribution in [1.82, 2.24) is 14.9 Å². The highest BCUT2D eigenvalue weighted by Crippen LogP contribution is 2.30. The summed E-state index contributed by atoms with van der Waals surface area (Å²) >= 11 is 0. The zero-order valence-corrected chi connectivity index (χ0v) is 13.9. The van der Waals surface area contributed by atoms with Gasteiger partial charge in [-0.15, -0.1) is 0 Å². The van der Waals surface area contributed by atoms with Crippen molar-refractivity contribution in [2.75, 3.05) is 20.2 Å². The molecule has 0 radical (unpaired) electrons. The van der Waals surface area contributed by atoms with Gasteiger partial charge in [0.25, 0.3) is 5.56 Å². The number of aromatic amines is 1. The SMILES string of the molecule is CN(Cc1nc2ccccc2[nH]c1=O)C[C@H]1COc2ccccc2O1. The maximum Gasteiger partial charge on any atom is 0.271 e. The summed E-state index contributed by atoms with van der Waals surface area (Å²) in [6, 6.07) is 15.2. The lowest BCUT2D eigenvalue weighted by atomic mass is 10.2. The molecule has 1 aliphatic rings. The third kappa shape index (κ3) is 3.34. The van der Waals surface area contributed by atoms with E-state index in [1.807, 2.05) is 60.5 Å². The molecular formula is C19H19N3O3. The number of nitrogens with zero attached hydrogens (tertiary/aromatic N) is 2. The minimum atomic E-state index is -0.156. The average molecular weight is 337 g/mol. The molecule has 4 rings (SSSR count). The van der Waals surface area contributed by atoms with Crippen molar-refractivity contribution in [1.29, 1.82) is 0 Å². The van der Waals surface area contributed by atoms with E-state index in [2.05, 4.69) is 9.97 Å². The van der Waals surface area contributed by atoms with Gasteiger partial charge in [-0.3, -0.25) is 9.69 Å². The largest absolute Gasteiger partial charge is 0.486 e. The van der Waals surface area contributed by atoms with Crippen LogP contribution in [0.25, 0.3) is 11.0 Å². The minimum absolute atomic E-state index is 0.0839. The van der Waals surface area contributed by atoms with Crippen LogP contribution in [0.5, 0.6) is 11.5 Å². The third-order valence-corrected chi connectivity index (χ3v) is 4.17. The Morgan fingerprint density at radius 3 is 2.80 bits per heavy atom. The topological polar surface area (TPSA) is 67.5 Å². The first-order valence-electron chi connectivity index (χ1n) is 8.24. The molecule has 0 aliphatic carbocycles. The number of aromatic nitrogens is 2. The van der Waals surface area contributed by atoms with E-state index < -0.39 is 0 Å². The molecule has 6 nitrogen and oxygen atoms in total. The smallest absolute Gasteiger partial charge is 0.271 e. The Kier molecular flexibility index (Phi) is 4.11. The molecule has 1 aliphatic heterocycles. The Bertz CT molecular complexity index is 954. The number of benzene rings is 2. The van der Waals surface area contributed by atoms with Crippen molar-refractivity contribution in [3.63, 3.8) is 0 Å². The van der Waals surface area contributed by atoms with E-state index in [9.17, 15) is 4.79 Å². The fourth-order valence-electron chi connectivity index (χ4n) is 3.00. The molecule has 0 saturated heterocycles. The predicted octanol–water partition coefficient (Wildman–Crippen LogP) is 2.19. The van der Waals surface area contributed by atoms with Crippen LogP contribution in [0.15, 0.2) is 53.3 Å². The van der Waals surface area contributed by atoms with Gasteiger partial charge >= 0.3 is 0 Å². The molecule has 0 spiro atoms. The molecule has 0 amide bonds. The second-order valence-corrected chi connectivity index (χ2v) is 6.22. The van der Waals surface area contributed by atoms with Crippen molar-refractivity contribution in [3.8, 4) is 11.5 Å². The molecule has 2 heterocycles. The standard InChI is InChI=1S/C19H19N3O3/c1-22(10-13-12-24-17-8-4-5-9-18(17)25-13)11-16-19(23)21-15-7-3-2-6-14(15)20-16/h2-9,13H,10-12H2,1H3,(H,21,23)/t13-/m0/s1. The maximum atomic E-state index is 12.2. The number of ether oxygens (including phenoxy) is 2. The first-order valence-corrected chi connectivity index (χ1v) is 8.24. The van der Waals surface area contributed by atoms with Crippen LogP contribution in [-0.2, 0) is 6.54 Å². The summed E-state index contributed by atoms with van der Waals surface area (Å²) in [6.45, 7) is 1.58. The number of H-pyrrole nitrogens is 1. The summed E-state index contributed by atoms with van der Waals surface area (Å²) in [5.74, 6) is 1.53. The van der Waals surface area contributed by atoms with Crippen LogP contribution < -0.4 is 15.0 Å². The number of likely N-dealkylation sites (N-methyl/N-ethyl adjacent to an activating group) is 1. The van der Waals surface area contributed by atoms with Gasteiger partial charge in [-0.2, -0.15) is 0 Å². The quantitative estimate of drug-likeness (QED) is 0.790. The summed E-state index contributed by atoms with van der Waals surface area (Å²) in [5, 5.41) is 0. The molecule has 3 aromatic rings. The lowest BCUT2D eigenvalue weighted by Crippen LogP contribution is -2.40. The van der Waals surface area contributed by atoms with Crippen LogP contribution in [0.2, 0.25) is 0 Å². The Morgan fingerprint density at radius 1 is 1.16 bits per heavy atom. The van der Waals surface area contributed by atoms with Crippen LogP contribution in [0.1, 0.15) is 5.69 Å². The van der Waals surface area contributed by atoms with Gasteiger partial charge in [0.15, 0.2) is 11.5 Å². The number of rotatable bonds is 4. The van der Waals surface area contributed by atoms with E-state index >= 15 is 0 Å². The zero-order valence-electron chi connectivity index (χ0n) is 13.9. The van der Waals surface area contributed by atoms with E-state index in [1.54, 1.807) is 0 Å². The normalized spacial score (nSPS) is 16.3. The van der Waals surface area contributed by atoms with Crippen molar-refractivity contribution in [2.45, 2.75) is 12.6 Å². The van der Waals surface area contributed by atoms with Gasteiger partial charge in [0, 0.05) is 13.1 Å². The molecule has 6 heteroatoms. The Labute approximate surface area is 145 Å². The molecule has 0 unspecified atom stereocenters. The highest BCUT2D eigenvalue weighted by atomic mass is 16.6. The predicted molar refractivity (Wildman–Crippen MR) is 95.1 cm³/mol. The number of fused-ring (bicyclic) bond motifs is 2. The Balaban J connectivity index is 1.45. The monoisotopic (exact) mass is 337 g/mol. The van der Waals surface area contributed by atoms with E-state index in [0.717, 1.165) is 22.5 Å². The first-order chi connectivity index (χ1) is 12.2. The highest BCUT2D eigenvalue weighted by molar-refractivity contribution is 5.73. The van der Waals surface area contributed by atoms with Gasteiger partial charge in [0.2, 0.25) is 0 Å². The number of para-hydroxylation sites is 4. The second kappa shape index (κ2) is 6.57. The summed E-state index contributed by atoms with van der Waals surface area (Å²) in [4.78, 5) is 21.6. The summed E-state index contributed by atoms with van der Waals surface area (Å²) in [7, 11) is 1.94. The molecule has 1 atom stereocenters. The first kappa shape index (κ1) is 15.7. The van der Waals surface area contributed by atoms with Gasteiger partial charge in [-0.25, -0.2) is 4.98 Å². The molecule has 25 heavy (non-hydrogen) atoms. The lowest BCUT2D eigenvalue weighted by molar-refractivity contribution is 0.0634. The molecule has 0 fully saturated rings. The van der Waals surface area contributed by atoms with E-state index in [1.165, 1.54) is 0 Å². The van der Waals surface area contributed by atoms with Crippen LogP contribution in [0, 0.1) is 0 Å². The van der Waals surface area contributed by atoms with Gasteiger partial charge in [0.1, 0.15) is 18.4 Å². The number of hydrogen-bond donors (Lipinski definition) is 1. The molecular weight excluding hydrogens is 318 g/mol. The van der Waals surface area contributed by atoms with Crippen molar-refractivity contribution in [3.05, 3.63) is 64.6 Å². The third-order valence-electron chi connectivity index (χ3n) is 4.17. The lowest BCUT2D eigenvalue weighted by Gasteiger charge is -2.29. The highest BCUT2D eigenvalue weighted by Gasteiger charge is 2.22. The van der Waals surface area contributed by atoms with Crippen LogP contribution in [0.4, 0.5) is 0 Å². The molecule has 1 aromatic heterocycles. The Hall–Kier alpha value is -2.86. The second-order valence-electron chi connectivity index (χ2n) is 6.22. The fraction of sp³-hybridized carbons (Fsp3) is 0.263. The summed E-state index contributed by atoms with van der Waals surface area (Å²) in [6.07, 6.45) is -0.0839. The fourth-order valence-corrected chi connectivity index (χ4v) is 3.00.